The fraction of sp³-hybridized carbons (Fsp3) is 0.211. The molecule has 4 rings (SSSR count). The fourth-order valence-electron chi connectivity index (χ4n) is 2.84. The van der Waals surface area contributed by atoms with Gasteiger partial charge in [-0.25, -0.2) is 9.97 Å². The number of nitrogens with one attached hydrogen (secondary N) is 1. The van der Waals surface area contributed by atoms with E-state index in [0.717, 1.165) is 34.6 Å². The molecule has 25 heavy (non-hydrogen) atoms. The van der Waals surface area contributed by atoms with Gasteiger partial charge in [0.15, 0.2) is 0 Å². The van der Waals surface area contributed by atoms with Gasteiger partial charge in [-0.1, -0.05) is 25.1 Å². The van der Waals surface area contributed by atoms with Gasteiger partial charge < -0.3 is 5.32 Å². The normalized spacial score (nSPS) is 11.1. The number of aromatic nitrogens is 4. The van der Waals surface area contributed by atoms with Gasteiger partial charge in [0.2, 0.25) is 0 Å². The number of thiophene rings is 1. The maximum absolute atomic E-state index is 4.42. The average Bonchev–Trinajstić information content (AvgIpc) is 3.26. The van der Waals surface area contributed by atoms with Crippen molar-refractivity contribution < 1.29 is 0 Å². The lowest BCUT2D eigenvalue weighted by atomic mass is 10.1. The van der Waals surface area contributed by atoms with Gasteiger partial charge >= 0.3 is 0 Å². The second-order valence-electron chi connectivity index (χ2n) is 5.96. The Morgan fingerprint density at radius 3 is 2.88 bits per heavy atom. The van der Waals surface area contributed by atoms with E-state index >= 15 is 0 Å². The maximum Gasteiger partial charge on any atom is 0.138 e. The quantitative estimate of drug-likeness (QED) is 0.585. The summed E-state index contributed by atoms with van der Waals surface area (Å²) in [5.41, 5.74) is 3.50. The van der Waals surface area contributed by atoms with Crippen LogP contribution in [0.25, 0.3) is 21.3 Å². The highest BCUT2D eigenvalue weighted by atomic mass is 32.1. The third kappa shape index (κ3) is 3.25. The standard InChI is InChI=1S/C19H19N5S/c1-3-16-8-17-18(21-12-22-19(17)25-16)20-9-13-5-4-6-14(7-13)15-10-23-24(2)11-15/h4-8,10-12H,3,9H2,1-2H3,(H,20,21,22). The number of fused-ring (bicyclic) bond motifs is 1. The van der Waals surface area contributed by atoms with Crippen molar-refractivity contribution >= 4 is 27.4 Å². The monoisotopic (exact) mass is 349 g/mol. The summed E-state index contributed by atoms with van der Waals surface area (Å²) in [4.78, 5) is 11.2. The van der Waals surface area contributed by atoms with Crippen LogP contribution in [0.15, 0.2) is 49.1 Å². The molecule has 0 saturated carbocycles. The molecule has 1 N–H and O–H groups in total. The lowest BCUT2D eigenvalue weighted by Gasteiger charge is -2.08. The summed E-state index contributed by atoms with van der Waals surface area (Å²) in [7, 11) is 1.93. The van der Waals surface area contributed by atoms with Gasteiger partial charge in [-0.15, -0.1) is 11.3 Å². The predicted octanol–water partition coefficient (Wildman–Crippen LogP) is 4.27. The molecule has 0 aliphatic carbocycles. The minimum absolute atomic E-state index is 0.720. The Labute approximate surface area is 150 Å². The second kappa shape index (κ2) is 6.64. The molecule has 0 fully saturated rings. The minimum atomic E-state index is 0.720. The predicted molar refractivity (Wildman–Crippen MR) is 103 cm³/mol. The zero-order valence-corrected chi connectivity index (χ0v) is 15.0. The van der Waals surface area contributed by atoms with Gasteiger partial charge in [-0.2, -0.15) is 5.10 Å². The molecule has 126 valence electrons. The number of anilines is 1. The van der Waals surface area contributed by atoms with Crippen molar-refractivity contribution in [3.63, 3.8) is 0 Å². The van der Waals surface area contributed by atoms with Crippen molar-refractivity contribution in [2.75, 3.05) is 5.32 Å². The minimum Gasteiger partial charge on any atom is -0.365 e. The first-order valence-electron chi connectivity index (χ1n) is 8.28. The third-order valence-corrected chi connectivity index (χ3v) is 5.34. The Balaban J connectivity index is 1.56. The highest BCUT2D eigenvalue weighted by Gasteiger charge is 2.08. The van der Waals surface area contributed by atoms with E-state index in [1.54, 1.807) is 17.7 Å². The maximum atomic E-state index is 4.42. The molecular formula is C19H19N5S. The Bertz CT molecular complexity index is 1020. The van der Waals surface area contributed by atoms with Gasteiger partial charge in [0.25, 0.3) is 0 Å². The Kier molecular flexibility index (Phi) is 4.19. The summed E-state index contributed by atoms with van der Waals surface area (Å²) in [6.07, 6.45) is 6.57. The molecule has 4 aromatic rings. The molecule has 0 saturated heterocycles. The number of nitrogens with zero attached hydrogens (tertiary/aromatic N) is 4. The number of benzene rings is 1. The van der Waals surface area contributed by atoms with E-state index in [9.17, 15) is 0 Å². The van der Waals surface area contributed by atoms with Crippen LogP contribution in [-0.4, -0.2) is 19.7 Å². The zero-order valence-electron chi connectivity index (χ0n) is 14.2. The van der Waals surface area contributed by atoms with Crippen molar-refractivity contribution in [2.24, 2.45) is 7.05 Å². The van der Waals surface area contributed by atoms with Gasteiger partial charge in [0.1, 0.15) is 17.0 Å². The van der Waals surface area contributed by atoms with Crippen molar-refractivity contribution in [1.82, 2.24) is 19.7 Å². The number of rotatable bonds is 5. The highest BCUT2D eigenvalue weighted by Crippen LogP contribution is 2.29. The summed E-state index contributed by atoms with van der Waals surface area (Å²) in [5.74, 6) is 0.896. The van der Waals surface area contributed by atoms with Gasteiger partial charge in [-0.3, -0.25) is 4.68 Å². The van der Waals surface area contributed by atoms with E-state index in [1.165, 1.54) is 16.0 Å². The van der Waals surface area contributed by atoms with Crippen LogP contribution < -0.4 is 5.32 Å². The third-order valence-electron chi connectivity index (χ3n) is 4.15. The average molecular weight is 349 g/mol. The van der Waals surface area contributed by atoms with E-state index < -0.39 is 0 Å². The topological polar surface area (TPSA) is 55.6 Å². The van der Waals surface area contributed by atoms with E-state index in [0.29, 0.717) is 0 Å². The molecule has 0 radical (unpaired) electrons. The fourth-order valence-corrected chi connectivity index (χ4v) is 3.77. The van der Waals surface area contributed by atoms with Crippen LogP contribution in [-0.2, 0) is 20.0 Å². The Morgan fingerprint density at radius 2 is 2.08 bits per heavy atom. The zero-order chi connectivity index (χ0) is 17.2. The molecule has 0 bridgehead atoms. The first kappa shape index (κ1) is 15.8. The molecule has 6 heteroatoms. The molecule has 0 spiro atoms. The SMILES string of the molecule is CCc1cc2c(NCc3cccc(-c4cnn(C)c4)c3)ncnc2s1. The van der Waals surface area contributed by atoms with Gasteiger partial charge in [0, 0.05) is 30.2 Å². The lowest BCUT2D eigenvalue weighted by molar-refractivity contribution is 0.768. The van der Waals surface area contributed by atoms with Crippen LogP contribution in [0.4, 0.5) is 5.82 Å². The molecule has 1 aromatic carbocycles. The molecule has 3 heterocycles. The van der Waals surface area contributed by atoms with Crippen LogP contribution in [0, 0.1) is 0 Å². The van der Waals surface area contributed by atoms with Gasteiger partial charge in [0.05, 0.1) is 11.6 Å². The van der Waals surface area contributed by atoms with Crippen molar-refractivity contribution in [3.05, 3.63) is 59.5 Å². The Morgan fingerprint density at radius 1 is 1.16 bits per heavy atom. The summed E-state index contributed by atoms with van der Waals surface area (Å²) in [6, 6.07) is 10.7. The largest absolute Gasteiger partial charge is 0.365 e. The summed E-state index contributed by atoms with van der Waals surface area (Å²) in [5, 5.41) is 8.81. The molecule has 0 atom stereocenters. The van der Waals surface area contributed by atoms with E-state index in [2.05, 4.69) is 57.6 Å². The van der Waals surface area contributed by atoms with Crippen LogP contribution in [0.1, 0.15) is 17.4 Å². The molecule has 0 aliphatic rings. The van der Waals surface area contributed by atoms with E-state index in [1.807, 2.05) is 24.1 Å². The Hall–Kier alpha value is -2.73. The molecule has 0 amide bonds. The van der Waals surface area contributed by atoms with Crippen LogP contribution in [0.3, 0.4) is 0 Å². The molecular weight excluding hydrogens is 330 g/mol. The summed E-state index contributed by atoms with van der Waals surface area (Å²) >= 11 is 1.73. The van der Waals surface area contributed by atoms with Crippen molar-refractivity contribution in [2.45, 2.75) is 19.9 Å². The lowest BCUT2D eigenvalue weighted by Crippen LogP contribution is -2.02. The molecule has 5 nitrogen and oxygen atoms in total. The molecule has 3 aromatic heterocycles. The van der Waals surface area contributed by atoms with Crippen LogP contribution in [0.2, 0.25) is 0 Å². The summed E-state index contributed by atoms with van der Waals surface area (Å²) < 4.78 is 1.82. The first-order valence-corrected chi connectivity index (χ1v) is 9.10. The van der Waals surface area contributed by atoms with E-state index in [-0.39, 0.29) is 0 Å². The first-order chi connectivity index (χ1) is 12.2. The number of hydrogen-bond acceptors (Lipinski definition) is 5. The number of aryl methyl sites for hydroxylation is 2. The van der Waals surface area contributed by atoms with Gasteiger partial charge in [-0.05, 0) is 29.7 Å². The highest BCUT2D eigenvalue weighted by molar-refractivity contribution is 7.18. The smallest absolute Gasteiger partial charge is 0.138 e. The van der Waals surface area contributed by atoms with Crippen LogP contribution >= 0.6 is 11.3 Å². The number of hydrogen-bond donors (Lipinski definition) is 1. The van der Waals surface area contributed by atoms with Crippen molar-refractivity contribution in [1.29, 1.82) is 0 Å². The van der Waals surface area contributed by atoms with Crippen molar-refractivity contribution in [3.8, 4) is 11.1 Å². The molecule has 0 unspecified atom stereocenters. The molecule has 0 aliphatic heterocycles. The summed E-state index contributed by atoms with van der Waals surface area (Å²) in [6.45, 7) is 2.88. The second-order valence-corrected chi connectivity index (χ2v) is 7.08. The van der Waals surface area contributed by atoms with E-state index in [4.69, 9.17) is 0 Å². The van der Waals surface area contributed by atoms with Crippen LogP contribution in [0.5, 0.6) is 0 Å².